The van der Waals surface area contributed by atoms with Crippen LogP contribution in [0, 0.1) is 5.92 Å². The van der Waals surface area contributed by atoms with E-state index in [9.17, 15) is 14.4 Å². The monoisotopic (exact) mass is 760 g/mol. The van der Waals surface area contributed by atoms with E-state index in [1.807, 2.05) is 25.1 Å². The Hall–Kier alpha value is -2.81. The van der Waals surface area contributed by atoms with E-state index in [-0.39, 0.29) is 24.5 Å². The first-order chi connectivity index (χ1) is 26.4. The number of unbranched alkanes of at least 4 members (excludes halogenated alkanes) is 16. The van der Waals surface area contributed by atoms with Crippen molar-refractivity contribution in [2.24, 2.45) is 5.92 Å². The number of rotatable bonds is 34. The number of carbonyl (C=O) groups excluding carboxylic acids is 3. The predicted octanol–water partition coefficient (Wildman–Crippen LogP) is 10.9. The normalized spacial score (nSPS) is 13.5. The van der Waals surface area contributed by atoms with Crippen molar-refractivity contribution in [2.45, 2.75) is 181 Å². The third-order valence-electron chi connectivity index (χ3n) is 10.3. The van der Waals surface area contributed by atoms with Gasteiger partial charge in [-0.25, -0.2) is 0 Å². The van der Waals surface area contributed by atoms with Crippen molar-refractivity contribution in [2.75, 3.05) is 46.6 Å². The molecule has 2 rings (SSSR count). The number of hydrogen-bond acceptors (Lipinski definition) is 9. The van der Waals surface area contributed by atoms with Gasteiger partial charge in [0.15, 0.2) is 0 Å². The van der Waals surface area contributed by atoms with Crippen LogP contribution in [0.3, 0.4) is 0 Å². The minimum absolute atomic E-state index is 0.0445. The molecule has 0 unspecified atom stereocenters. The Labute approximate surface area is 328 Å². The molecule has 0 aliphatic carbocycles. The van der Waals surface area contributed by atoms with Crippen LogP contribution in [0.4, 0.5) is 0 Å². The largest absolute Gasteiger partial charge is 0.494 e. The van der Waals surface area contributed by atoms with Crippen LogP contribution in [-0.4, -0.2) is 69.4 Å². The van der Waals surface area contributed by atoms with Crippen LogP contribution < -0.4 is 9.47 Å². The summed E-state index contributed by atoms with van der Waals surface area (Å²) >= 11 is 0. The summed E-state index contributed by atoms with van der Waals surface area (Å²) < 4.78 is 28.7. The van der Waals surface area contributed by atoms with Crippen molar-refractivity contribution in [3.63, 3.8) is 0 Å². The average molecular weight is 760 g/mol. The van der Waals surface area contributed by atoms with Crippen molar-refractivity contribution < 1.29 is 38.1 Å². The molecule has 1 aromatic carbocycles. The van der Waals surface area contributed by atoms with Gasteiger partial charge in [0.1, 0.15) is 18.1 Å². The molecular weight excluding hydrogens is 682 g/mol. The van der Waals surface area contributed by atoms with Gasteiger partial charge in [-0.2, -0.15) is 0 Å². The van der Waals surface area contributed by atoms with E-state index in [0.717, 1.165) is 139 Å². The topological polar surface area (TPSA) is 101 Å². The van der Waals surface area contributed by atoms with E-state index >= 15 is 0 Å². The minimum Gasteiger partial charge on any atom is -0.494 e. The SMILES string of the molecule is CCCCCCCCCC(=O)OCCCCCCCCOc1ccc(OCCCCCCCCOC(=O)CCC)c(COC(=O)CC2CCN(C)CC2)c1. The Balaban J connectivity index is 1.64. The summed E-state index contributed by atoms with van der Waals surface area (Å²) in [4.78, 5) is 38.5. The lowest BCUT2D eigenvalue weighted by atomic mass is 9.94. The Morgan fingerprint density at radius 2 is 1.09 bits per heavy atom. The molecule has 0 saturated carbocycles. The maximum absolute atomic E-state index is 12.8. The van der Waals surface area contributed by atoms with Gasteiger partial charge in [0.2, 0.25) is 0 Å². The van der Waals surface area contributed by atoms with Crippen molar-refractivity contribution in [3.05, 3.63) is 23.8 Å². The number of hydrogen-bond donors (Lipinski definition) is 0. The summed E-state index contributed by atoms with van der Waals surface area (Å²) in [6, 6.07) is 5.85. The number of esters is 3. The maximum Gasteiger partial charge on any atom is 0.306 e. The molecule has 310 valence electrons. The minimum atomic E-state index is -0.149. The van der Waals surface area contributed by atoms with Crippen molar-refractivity contribution in [3.8, 4) is 11.5 Å². The number of piperidine rings is 1. The highest BCUT2D eigenvalue weighted by Crippen LogP contribution is 2.27. The fourth-order valence-electron chi connectivity index (χ4n) is 6.76. The number of nitrogens with zero attached hydrogens (tertiary/aromatic N) is 1. The fraction of sp³-hybridized carbons (Fsp3) is 0.800. The molecule has 0 amide bonds. The molecule has 0 radical (unpaired) electrons. The quantitative estimate of drug-likeness (QED) is 0.0386. The highest BCUT2D eigenvalue weighted by atomic mass is 16.5. The van der Waals surface area contributed by atoms with E-state index in [4.69, 9.17) is 23.7 Å². The van der Waals surface area contributed by atoms with Gasteiger partial charge in [0.25, 0.3) is 0 Å². The van der Waals surface area contributed by atoms with Gasteiger partial charge in [0.05, 0.1) is 26.4 Å². The van der Waals surface area contributed by atoms with E-state index in [0.29, 0.717) is 51.6 Å². The molecular formula is C45H77NO8. The maximum atomic E-state index is 12.8. The second kappa shape index (κ2) is 32.4. The van der Waals surface area contributed by atoms with Crippen molar-refractivity contribution in [1.29, 1.82) is 0 Å². The third-order valence-corrected chi connectivity index (χ3v) is 10.3. The van der Waals surface area contributed by atoms with Crippen LogP contribution in [0.1, 0.15) is 180 Å². The summed E-state index contributed by atoms with van der Waals surface area (Å²) in [6.07, 6.45) is 25.4. The van der Waals surface area contributed by atoms with Crippen LogP contribution in [0.2, 0.25) is 0 Å². The van der Waals surface area contributed by atoms with Gasteiger partial charge in [-0.3, -0.25) is 14.4 Å². The second-order valence-corrected chi connectivity index (χ2v) is 15.4. The number of benzene rings is 1. The molecule has 1 aliphatic rings. The molecule has 0 aromatic heterocycles. The summed E-state index contributed by atoms with van der Waals surface area (Å²) in [7, 11) is 2.13. The molecule has 1 aromatic rings. The highest BCUT2D eigenvalue weighted by Gasteiger charge is 2.21. The van der Waals surface area contributed by atoms with Gasteiger partial charge >= 0.3 is 17.9 Å². The first-order valence-corrected chi connectivity index (χ1v) is 21.9. The van der Waals surface area contributed by atoms with Gasteiger partial charge < -0.3 is 28.6 Å². The first-order valence-electron chi connectivity index (χ1n) is 21.9. The lowest BCUT2D eigenvalue weighted by molar-refractivity contribution is -0.146. The molecule has 1 fully saturated rings. The van der Waals surface area contributed by atoms with E-state index in [1.165, 1.54) is 32.1 Å². The third kappa shape index (κ3) is 25.3. The molecule has 54 heavy (non-hydrogen) atoms. The zero-order valence-corrected chi connectivity index (χ0v) is 34.7. The molecule has 9 heteroatoms. The van der Waals surface area contributed by atoms with Crippen molar-refractivity contribution >= 4 is 17.9 Å². The molecule has 0 N–H and O–H groups in total. The molecule has 0 spiro atoms. The van der Waals surface area contributed by atoms with Gasteiger partial charge in [-0.1, -0.05) is 104 Å². The van der Waals surface area contributed by atoms with E-state index in [2.05, 4.69) is 18.9 Å². The standard InChI is InChI=1S/C45H77NO8/c1-4-6-7-8-9-14-19-25-44(48)53-35-23-18-12-10-15-20-32-50-41-26-27-42(51-33-21-16-11-13-17-22-34-52-43(47)24-5-2)40(37-41)38-54-45(49)36-39-28-30-46(3)31-29-39/h26-27,37,39H,4-25,28-36,38H2,1-3H3. The first kappa shape index (κ1) is 47.3. The number of likely N-dealkylation sites (tertiary alicyclic amines) is 1. The van der Waals surface area contributed by atoms with Gasteiger partial charge in [-0.05, 0) is 95.6 Å². The molecule has 1 saturated heterocycles. The number of ether oxygens (including phenoxy) is 5. The zero-order chi connectivity index (χ0) is 38.9. The summed E-state index contributed by atoms with van der Waals surface area (Å²) in [5.74, 6) is 1.61. The van der Waals surface area contributed by atoms with Crippen LogP contribution in [0.25, 0.3) is 0 Å². The van der Waals surface area contributed by atoms with Crippen LogP contribution >= 0.6 is 0 Å². The Kier molecular flexibility index (Phi) is 28.4. The Bertz CT molecular complexity index is 1100. The van der Waals surface area contributed by atoms with E-state index < -0.39 is 0 Å². The zero-order valence-electron chi connectivity index (χ0n) is 34.7. The lowest BCUT2D eigenvalue weighted by Gasteiger charge is -2.28. The molecule has 1 heterocycles. The number of carbonyl (C=O) groups is 3. The molecule has 0 atom stereocenters. The smallest absolute Gasteiger partial charge is 0.306 e. The average Bonchev–Trinajstić information content (AvgIpc) is 3.16. The van der Waals surface area contributed by atoms with Gasteiger partial charge in [0, 0.05) is 24.8 Å². The Morgan fingerprint density at radius 3 is 1.69 bits per heavy atom. The van der Waals surface area contributed by atoms with Crippen molar-refractivity contribution in [1.82, 2.24) is 4.90 Å². The van der Waals surface area contributed by atoms with Crippen LogP contribution in [0.15, 0.2) is 18.2 Å². The molecule has 1 aliphatic heterocycles. The second-order valence-electron chi connectivity index (χ2n) is 15.4. The fourth-order valence-corrected chi connectivity index (χ4v) is 6.76. The molecule has 9 nitrogen and oxygen atoms in total. The van der Waals surface area contributed by atoms with Crippen LogP contribution in [0.5, 0.6) is 11.5 Å². The highest BCUT2D eigenvalue weighted by molar-refractivity contribution is 5.70. The summed E-state index contributed by atoms with van der Waals surface area (Å²) in [6.45, 7) is 8.74. The summed E-state index contributed by atoms with van der Waals surface area (Å²) in [5, 5.41) is 0. The predicted molar refractivity (Wildman–Crippen MR) is 217 cm³/mol. The summed E-state index contributed by atoms with van der Waals surface area (Å²) in [5.41, 5.74) is 0.838. The van der Waals surface area contributed by atoms with E-state index in [1.54, 1.807) is 0 Å². The van der Waals surface area contributed by atoms with Gasteiger partial charge in [-0.15, -0.1) is 0 Å². The van der Waals surface area contributed by atoms with Crippen LogP contribution in [-0.2, 0) is 35.2 Å². The molecule has 0 bridgehead atoms. The lowest BCUT2D eigenvalue weighted by Crippen LogP contribution is -2.31. The Morgan fingerprint density at radius 1 is 0.574 bits per heavy atom.